The smallest absolute Gasteiger partial charge is 0.356 e. The number of carbonyl (C=O) groups is 1. The van der Waals surface area contributed by atoms with Crippen LogP contribution in [0.15, 0.2) is 12.1 Å². The molecule has 1 aromatic heterocycles. The first kappa shape index (κ1) is 13.4. The van der Waals surface area contributed by atoms with Gasteiger partial charge in [-0.05, 0) is 6.07 Å². The molecule has 2 aromatic rings. The third kappa shape index (κ3) is 2.17. The molecular formula is C11H6ClF3N2O2. The third-order valence-corrected chi connectivity index (χ3v) is 2.82. The Hall–Kier alpha value is -2.02. The second kappa shape index (κ2) is 4.58. The topological polar surface area (TPSA) is 55.1 Å². The van der Waals surface area contributed by atoms with Gasteiger partial charge in [0.15, 0.2) is 11.5 Å². The van der Waals surface area contributed by atoms with Crippen molar-refractivity contribution in [2.24, 2.45) is 7.05 Å². The van der Waals surface area contributed by atoms with Crippen LogP contribution in [0.4, 0.5) is 13.2 Å². The van der Waals surface area contributed by atoms with Crippen LogP contribution < -0.4 is 0 Å². The summed E-state index contributed by atoms with van der Waals surface area (Å²) in [7, 11) is 1.30. The molecule has 0 amide bonds. The summed E-state index contributed by atoms with van der Waals surface area (Å²) in [6, 6.07) is 1.40. The maximum Gasteiger partial charge on any atom is 0.356 e. The maximum absolute atomic E-state index is 13.8. The van der Waals surface area contributed by atoms with E-state index in [1.165, 1.54) is 7.05 Å². The highest BCUT2D eigenvalue weighted by atomic mass is 35.5. The molecule has 1 aromatic carbocycles. The van der Waals surface area contributed by atoms with Crippen LogP contribution >= 0.6 is 11.6 Å². The summed E-state index contributed by atoms with van der Waals surface area (Å²) in [4.78, 5) is 10.7. The Kier molecular flexibility index (Phi) is 3.23. The van der Waals surface area contributed by atoms with Gasteiger partial charge in [0.1, 0.15) is 16.7 Å². The van der Waals surface area contributed by atoms with E-state index < -0.39 is 39.7 Å². The fraction of sp³-hybridized carbons (Fsp3) is 0.0909. The van der Waals surface area contributed by atoms with E-state index in [4.69, 9.17) is 16.7 Å². The van der Waals surface area contributed by atoms with E-state index in [0.717, 1.165) is 10.7 Å². The molecule has 0 atom stereocenters. The number of aromatic nitrogens is 2. The molecule has 0 radical (unpaired) electrons. The summed E-state index contributed by atoms with van der Waals surface area (Å²) < 4.78 is 41.5. The molecule has 0 saturated carbocycles. The minimum Gasteiger partial charge on any atom is -0.476 e. The van der Waals surface area contributed by atoms with Gasteiger partial charge < -0.3 is 5.11 Å². The Morgan fingerprint density at radius 2 is 1.95 bits per heavy atom. The first-order valence-corrected chi connectivity index (χ1v) is 5.31. The zero-order valence-electron chi connectivity index (χ0n) is 9.42. The second-order valence-electron chi connectivity index (χ2n) is 3.69. The predicted octanol–water partition coefficient (Wildman–Crippen LogP) is 2.86. The summed E-state index contributed by atoms with van der Waals surface area (Å²) in [5.74, 6) is -5.09. The minimum atomic E-state index is -1.35. The largest absolute Gasteiger partial charge is 0.476 e. The van der Waals surface area contributed by atoms with E-state index in [1.807, 2.05) is 0 Å². The fourth-order valence-corrected chi connectivity index (χ4v) is 1.76. The summed E-state index contributed by atoms with van der Waals surface area (Å²) in [5, 5.41) is 11.5. The number of aromatic carboxylic acids is 1. The molecule has 0 spiro atoms. The molecule has 0 aliphatic carbocycles. The quantitative estimate of drug-likeness (QED) is 0.683. The van der Waals surface area contributed by atoms with Gasteiger partial charge in [-0.15, -0.1) is 0 Å². The summed E-state index contributed by atoms with van der Waals surface area (Å²) in [6.07, 6.45) is 0. The van der Waals surface area contributed by atoms with E-state index in [2.05, 4.69) is 5.10 Å². The number of carboxylic acids is 1. The van der Waals surface area contributed by atoms with Gasteiger partial charge in [-0.2, -0.15) is 5.10 Å². The van der Waals surface area contributed by atoms with Crippen LogP contribution in [-0.2, 0) is 7.05 Å². The van der Waals surface area contributed by atoms with Crippen molar-refractivity contribution in [1.29, 1.82) is 0 Å². The Morgan fingerprint density at radius 1 is 1.32 bits per heavy atom. The SMILES string of the molecule is Cn1nc(C(=O)O)cc1-c1c(F)cc(F)c(Cl)c1F. The zero-order valence-corrected chi connectivity index (χ0v) is 10.2. The van der Waals surface area contributed by atoms with Gasteiger partial charge in [-0.25, -0.2) is 18.0 Å². The van der Waals surface area contributed by atoms with Crippen molar-refractivity contribution < 1.29 is 23.1 Å². The van der Waals surface area contributed by atoms with Crippen LogP contribution in [-0.4, -0.2) is 20.9 Å². The maximum atomic E-state index is 13.8. The molecule has 0 bridgehead atoms. The molecule has 0 saturated heterocycles. The number of benzene rings is 1. The Labute approximate surface area is 110 Å². The Morgan fingerprint density at radius 3 is 2.47 bits per heavy atom. The molecule has 100 valence electrons. The molecule has 1 N–H and O–H groups in total. The summed E-state index contributed by atoms with van der Waals surface area (Å²) in [5.41, 5.74) is -1.18. The number of hydrogen-bond acceptors (Lipinski definition) is 2. The van der Waals surface area contributed by atoms with Gasteiger partial charge in [0.25, 0.3) is 0 Å². The molecule has 0 unspecified atom stereocenters. The lowest BCUT2D eigenvalue weighted by Crippen LogP contribution is -2.01. The first-order chi connectivity index (χ1) is 8.82. The molecule has 19 heavy (non-hydrogen) atoms. The second-order valence-corrected chi connectivity index (χ2v) is 4.06. The lowest BCUT2D eigenvalue weighted by Gasteiger charge is -2.07. The average molecular weight is 291 g/mol. The van der Waals surface area contributed by atoms with Gasteiger partial charge in [0.2, 0.25) is 0 Å². The van der Waals surface area contributed by atoms with Crippen molar-refractivity contribution >= 4 is 17.6 Å². The third-order valence-electron chi connectivity index (χ3n) is 2.47. The van der Waals surface area contributed by atoms with Crippen LogP contribution in [0.1, 0.15) is 10.5 Å². The van der Waals surface area contributed by atoms with Gasteiger partial charge in [-0.3, -0.25) is 4.68 Å². The highest BCUT2D eigenvalue weighted by Crippen LogP contribution is 2.32. The minimum absolute atomic E-state index is 0.158. The number of halogens is 4. The van der Waals surface area contributed by atoms with Gasteiger partial charge in [0, 0.05) is 13.1 Å². The highest BCUT2D eigenvalue weighted by molar-refractivity contribution is 6.31. The number of rotatable bonds is 2. The standard InChI is InChI=1S/C11H6ClF3N2O2/c1-17-7(3-6(16-17)11(18)19)8-4(13)2-5(14)9(12)10(8)15/h2-3H,1H3,(H,18,19). The van der Waals surface area contributed by atoms with Gasteiger partial charge in [-0.1, -0.05) is 11.6 Å². The van der Waals surface area contributed by atoms with Crippen LogP contribution in [0.5, 0.6) is 0 Å². The van der Waals surface area contributed by atoms with Gasteiger partial charge >= 0.3 is 5.97 Å². The summed E-state index contributed by atoms with van der Waals surface area (Å²) in [6.45, 7) is 0. The van der Waals surface area contributed by atoms with Crippen molar-refractivity contribution in [3.63, 3.8) is 0 Å². The molecular weight excluding hydrogens is 285 g/mol. The van der Waals surface area contributed by atoms with Crippen LogP contribution in [0.3, 0.4) is 0 Å². The lowest BCUT2D eigenvalue weighted by atomic mass is 10.1. The molecule has 1 heterocycles. The first-order valence-electron chi connectivity index (χ1n) is 4.93. The normalized spacial score (nSPS) is 10.8. The highest BCUT2D eigenvalue weighted by Gasteiger charge is 2.23. The van der Waals surface area contributed by atoms with Crippen LogP contribution in [0, 0.1) is 17.5 Å². The Balaban J connectivity index is 2.72. The van der Waals surface area contributed by atoms with Crippen molar-refractivity contribution in [1.82, 2.24) is 9.78 Å². The van der Waals surface area contributed by atoms with E-state index in [9.17, 15) is 18.0 Å². The van der Waals surface area contributed by atoms with Crippen molar-refractivity contribution in [2.45, 2.75) is 0 Å². The molecule has 2 rings (SSSR count). The number of aryl methyl sites for hydroxylation is 1. The van der Waals surface area contributed by atoms with E-state index >= 15 is 0 Å². The fourth-order valence-electron chi connectivity index (χ4n) is 1.61. The van der Waals surface area contributed by atoms with Crippen molar-refractivity contribution in [2.75, 3.05) is 0 Å². The van der Waals surface area contributed by atoms with Crippen LogP contribution in [0.25, 0.3) is 11.3 Å². The van der Waals surface area contributed by atoms with E-state index in [-0.39, 0.29) is 5.69 Å². The molecule has 0 aliphatic rings. The summed E-state index contributed by atoms with van der Waals surface area (Å²) >= 11 is 5.36. The molecule has 0 fully saturated rings. The molecule has 0 aliphatic heterocycles. The monoisotopic (exact) mass is 290 g/mol. The zero-order chi connectivity index (χ0) is 14.3. The van der Waals surface area contributed by atoms with Crippen molar-refractivity contribution in [3.8, 4) is 11.3 Å². The average Bonchev–Trinajstić information content (AvgIpc) is 2.69. The van der Waals surface area contributed by atoms with Crippen molar-refractivity contribution in [3.05, 3.63) is 40.3 Å². The predicted molar refractivity (Wildman–Crippen MR) is 60.5 cm³/mol. The number of hydrogen-bond donors (Lipinski definition) is 1. The van der Waals surface area contributed by atoms with Crippen LogP contribution in [0.2, 0.25) is 5.02 Å². The number of carboxylic acid groups (broad SMARTS) is 1. The molecule has 8 heteroatoms. The van der Waals surface area contributed by atoms with E-state index in [1.54, 1.807) is 0 Å². The molecule has 4 nitrogen and oxygen atoms in total. The van der Waals surface area contributed by atoms with Gasteiger partial charge in [0.05, 0.1) is 11.3 Å². The number of nitrogens with zero attached hydrogens (tertiary/aromatic N) is 2. The lowest BCUT2D eigenvalue weighted by molar-refractivity contribution is 0.0689. The van der Waals surface area contributed by atoms with E-state index in [0.29, 0.717) is 6.07 Å². The Bertz CT molecular complexity index is 685.